The Morgan fingerprint density at radius 3 is 2.39 bits per heavy atom. The third-order valence-electron chi connectivity index (χ3n) is 4.30. The first-order chi connectivity index (χ1) is 13.7. The summed E-state index contributed by atoms with van der Waals surface area (Å²) in [6, 6.07) is 13.2. The number of methoxy groups -OCH3 is 3. The number of hydrogen-bond donors (Lipinski definition) is 1. The molecule has 0 aliphatic rings. The van der Waals surface area contributed by atoms with E-state index in [1.54, 1.807) is 39.9 Å². The molecule has 0 saturated carbocycles. The first kappa shape index (κ1) is 17.7. The molecule has 2 heterocycles. The van der Waals surface area contributed by atoms with Gasteiger partial charge in [-0.2, -0.15) is 0 Å². The Kier molecular flexibility index (Phi) is 4.72. The number of rotatable bonds is 6. The molecule has 0 aliphatic carbocycles. The summed E-state index contributed by atoms with van der Waals surface area (Å²) >= 11 is 0. The minimum atomic E-state index is 0.535. The van der Waals surface area contributed by atoms with Gasteiger partial charge in [0.25, 0.3) is 0 Å². The van der Waals surface area contributed by atoms with Crippen molar-refractivity contribution < 1.29 is 18.6 Å². The van der Waals surface area contributed by atoms with Crippen LogP contribution in [0.5, 0.6) is 17.2 Å². The van der Waals surface area contributed by atoms with E-state index in [2.05, 4.69) is 15.3 Å². The molecule has 0 amide bonds. The van der Waals surface area contributed by atoms with Gasteiger partial charge in [-0.3, -0.25) is 0 Å². The van der Waals surface area contributed by atoms with Gasteiger partial charge in [0.1, 0.15) is 11.4 Å². The lowest BCUT2D eigenvalue weighted by molar-refractivity contribution is 0.324. The van der Waals surface area contributed by atoms with Gasteiger partial charge < -0.3 is 23.9 Å². The van der Waals surface area contributed by atoms with Gasteiger partial charge in [-0.25, -0.2) is 9.97 Å². The SMILES string of the molecule is COc1cc(Nc2ccnc(-c3ccc4occc4c3)n2)cc(OC)c1OC. The van der Waals surface area contributed by atoms with E-state index in [0.29, 0.717) is 28.9 Å². The quantitative estimate of drug-likeness (QED) is 0.523. The summed E-state index contributed by atoms with van der Waals surface area (Å²) in [5.74, 6) is 2.91. The van der Waals surface area contributed by atoms with Crippen molar-refractivity contribution in [3.05, 3.63) is 54.9 Å². The van der Waals surface area contributed by atoms with Crippen LogP contribution in [0, 0.1) is 0 Å². The Labute approximate surface area is 161 Å². The number of ether oxygens (including phenoxy) is 3. The van der Waals surface area contributed by atoms with E-state index in [9.17, 15) is 0 Å². The second kappa shape index (κ2) is 7.48. The number of anilines is 2. The molecule has 2 aromatic carbocycles. The molecule has 4 rings (SSSR count). The summed E-state index contributed by atoms with van der Waals surface area (Å²) in [4.78, 5) is 9.00. The largest absolute Gasteiger partial charge is 0.493 e. The number of nitrogens with zero attached hydrogens (tertiary/aromatic N) is 2. The minimum absolute atomic E-state index is 0.535. The predicted octanol–water partition coefficient (Wildman–Crippen LogP) is 4.66. The summed E-state index contributed by atoms with van der Waals surface area (Å²) in [5.41, 5.74) is 2.49. The number of fused-ring (bicyclic) bond motifs is 1. The van der Waals surface area contributed by atoms with Crippen molar-refractivity contribution in [3.63, 3.8) is 0 Å². The topological polar surface area (TPSA) is 78.6 Å². The van der Waals surface area contributed by atoms with Gasteiger partial charge in [0.15, 0.2) is 17.3 Å². The van der Waals surface area contributed by atoms with Gasteiger partial charge in [-0.05, 0) is 30.3 Å². The fourth-order valence-electron chi connectivity index (χ4n) is 2.97. The summed E-state index contributed by atoms with van der Waals surface area (Å²) in [6.45, 7) is 0. The number of benzene rings is 2. The molecule has 0 spiro atoms. The zero-order chi connectivity index (χ0) is 19.5. The average Bonchev–Trinajstić information content (AvgIpc) is 3.21. The fourth-order valence-corrected chi connectivity index (χ4v) is 2.97. The Balaban J connectivity index is 1.66. The number of nitrogens with one attached hydrogen (secondary N) is 1. The van der Waals surface area contributed by atoms with Gasteiger partial charge in [0, 0.05) is 35.0 Å². The lowest BCUT2D eigenvalue weighted by Gasteiger charge is -2.15. The maximum Gasteiger partial charge on any atom is 0.203 e. The highest BCUT2D eigenvalue weighted by Gasteiger charge is 2.14. The lowest BCUT2D eigenvalue weighted by Crippen LogP contribution is -2.00. The van der Waals surface area contributed by atoms with Crippen LogP contribution in [0.2, 0.25) is 0 Å². The summed E-state index contributed by atoms with van der Waals surface area (Å²) < 4.78 is 21.5. The molecular formula is C21H19N3O4. The van der Waals surface area contributed by atoms with E-state index >= 15 is 0 Å². The van der Waals surface area contributed by atoms with E-state index < -0.39 is 0 Å². The fraction of sp³-hybridized carbons (Fsp3) is 0.143. The molecule has 0 fully saturated rings. The Morgan fingerprint density at radius 1 is 0.893 bits per heavy atom. The molecule has 7 heteroatoms. The number of hydrogen-bond acceptors (Lipinski definition) is 7. The van der Waals surface area contributed by atoms with Crippen molar-refractivity contribution in [1.29, 1.82) is 0 Å². The van der Waals surface area contributed by atoms with Crippen molar-refractivity contribution in [2.24, 2.45) is 0 Å². The van der Waals surface area contributed by atoms with Gasteiger partial charge in [0.2, 0.25) is 5.75 Å². The average molecular weight is 377 g/mol. The van der Waals surface area contributed by atoms with Crippen molar-refractivity contribution >= 4 is 22.5 Å². The van der Waals surface area contributed by atoms with Crippen LogP contribution in [-0.2, 0) is 0 Å². The van der Waals surface area contributed by atoms with Gasteiger partial charge in [0.05, 0.1) is 27.6 Å². The molecule has 0 bridgehead atoms. The highest BCUT2D eigenvalue weighted by Crippen LogP contribution is 2.40. The summed E-state index contributed by atoms with van der Waals surface area (Å²) in [6.07, 6.45) is 3.37. The molecule has 2 aromatic heterocycles. The van der Waals surface area contributed by atoms with E-state index in [0.717, 1.165) is 22.2 Å². The molecule has 0 saturated heterocycles. The molecule has 0 atom stereocenters. The van der Waals surface area contributed by atoms with Gasteiger partial charge in [-0.1, -0.05) is 0 Å². The zero-order valence-electron chi connectivity index (χ0n) is 15.7. The Bertz CT molecular complexity index is 1100. The normalized spacial score (nSPS) is 10.7. The second-order valence-electron chi connectivity index (χ2n) is 5.98. The molecule has 7 nitrogen and oxygen atoms in total. The highest BCUT2D eigenvalue weighted by atomic mass is 16.5. The Hall–Kier alpha value is -3.74. The monoisotopic (exact) mass is 377 g/mol. The predicted molar refractivity (Wildman–Crippen MR) is 107 cm³/mol. The van der Waals surface area contributed by atoms with Crippen LogP contribution in [0.25, 0.3) is 22.4 Å². The van der Waals surface area contributed by atoms with Crippen LogP contribution < -0.4 is 19.5 Å². The number of furan rings is 1. The van der Waals surface area contributed by atoms with Crippen LogP contribution in [0.1, 0.15) is 0 Å². The molecule has 0 unspecified atom stereocenters. The van der Waals surface area contributed by atoms with Gasteiger partial charge >= 0.3 is 0 Å². The zero-order valence-corrected chi connectivity index (χ0v) is 15.7. The maximum atomic E-state index is 5.40. The third-order valence-corrected chi connectivity index (χ3v) is 4.30. The molecule has 0 aliphatic heterocycles. The van der Waals surface area contributed by atoms with Crippen LogP contribution in [-0.4, -0.2) is 31.3 Å². The van der Waals surface area contributed by atoms with Crippen LogP contribution in [0.4, 0.5) is 11.5 Å². The molecule has 0 radical (unpaired) electrons. The van der Waals surface area contributed by atoms with E-state index in [4.69, 9.17) is 18.6 Å². The van der Waals surface area contributed by atoms with Crippen molar-refractivity contribution in [2.75, 3.05) is 26.6 Å². The van der Waals surface area contributed by atoms with E-state index in [1.165, 1.54) is 0 Å². The van der Waals surface area contributed by atoms with Gasteiger partial charge in [-0.15, -0.1) is 0 Å². The van der Waals surface area contributed by atoms with Crippen molar-refractivity contribution in [3.8, 4) is 28.6 Å². The first-order valence-corrected chi connectivity index (χ1v) is 8.59. The van der Waals surface area contributed by atoms with Crippen LogP contribution >= 0.6 is 0 Å². The molecular weight excluding hydrogens is 358 g/mol. The van der Waals surface area contributed by atoms with Crippen molar-refractivity contribution in [2.45, 2.75) is 0 Å². The van der Waals surface area contributed by atoms with E-state index in [-0.39, 0.29) is 0 Å². The maximum absolute atomic E-state index is 5.40. The summed E-state index contributed by atoms with van der Waals surface area (Å²) in [5, 5.41) is 4.27. The highest BCUT2D eigenvalue weighted by molar-refractivity contribution is 5.82. The molecule has 28 heavy (non-hydrogen) atoms. The molecule has 4 aromatic rings. The minimum Gasteiger partial charge on any atom is -0.493 e. The Morgan fingerprint density at radius 2 is 1.68 bits per heavy atom. The molecule has 142 valence electrons. The molecule has 1 N–H and O–H groups in total. The summed E-state index contributed by atoms with van der Waals surface area (Å²) in [7, 11) is 4.73. The smallest absolute Gasteiger partial charge is 0.203 e. The first-order valence-electron chi connectivity index (χ1n) is 8.59. The van der Waals surface area contributed by atoms with Crippen LogP contribution in [0.3, 0.4) is 0 Å². The van der Waals surface area contributed by atoms with E-state index in [1.807, 2.05) is 36.4 Å². The lowest BCUT2D eigenvalue weighted by atomic mass is 10.1. The standard InChI is InChI=1S/C21H19N3O4/c1-25-17-11-15(12-18(26-2)20(17)27-3)23-19-6-8-22-21(24-19)14-4-5-16-13(10-14)7-9-28-16/h4-12H,1-3H3,(H,22,23,24). The third kappa shape index (κ3) is 3.29. The number of aromatic nitrogens is 2. The van der Waals surface area contributed by atoms with Crippen LogP contribution in [0.15, 0.2) is 59.3 Å². The van der Waals surface area contributed by atoms with Crippen molar-refractivity contribution in [1.82, 2.24) is 9.97 Å². The second-order valence-corrected chi connectivity index (χ2v) is 5.98.